The molecule has 0 spiro atoms. The van der Waals surface area contributed by atoms with Gasteiger partial charge in [-0.2, -0.15) is 0 Å². The molecule has 1 aliphatic rings. The number of halogens is 2. The van der Waals surface area contributed by atoms with Crippen molar-refractivity contribution >= 4 is 62.2 Å². The highest BCUT2D eigenvalue weighted by atomic mass is 35.5. The lowest BCUT2D eigenvalue weighted by Gasteiger charge is -2.33. The fourth-order valence-electron chi connectivity index (χ4n) is 3.72. The molecule has 4 rings (SSSR count). The third-order valence-corrected chi connectivity index (χ3v) is 7.85. The number of rotatable bonds is 2. The van der Waals surface area contributed by atoms with E-state index in [2.05, 4.69) is 0 Å². The smallest absolute Gasteiger partial charge is 0.191 e. The predicted molar refractivity (Wildman–Crippen MR) is 116 cm³/mol. The zero-order valence-corrected chi connectivity index (χ0v) is 17.8. The van der Waals surface area contributed by atoms with Crippen molar-refractivity contribution in [3.8, 4) is 0 Å². The molecule has 2 heterocycles. The summed E-state index contributed by atoms with van der Waals surface area (Å²) in [6, 6.07) is 10.8. The number of benzene rings is 2. The third-order valence-electron chi connectivity index (χ3n) is 5.12. The van der Waals surface area contributed by atoms with E-state index in [1.165, 1.54) is 11.3 Å². The zero-order valence-electron chi connectivity index (χ0n) is 14.7. The van der Waals surface area contributed by atoms with Gasteiger partial charge in [0.25, 0.3) is 0 Å². The lowest BCUT2D eigenvalue weighted by molar-refractivity contribution is 0.0897. The van der Waals surface area contributed by atoms with Gasteiger partial charge in [0, 0.05) is 47.3 Å². The molecule has 1 unspecified atom stereocenters. The first kappa shape index (κ1) is 19.0. The zero-order chi connectivity index (χ0) is 19.3. The normalized spacial score (nSPS) is 20.5. The number of carbonyl (C=O) groups is 1. The van der Waals surface area contributed by atoms with Gasteiger partial charge in [-0.1, -0.05) is 37.0 Å². The van der Waals surface area contributed by atoms with Crippen LogP contribution in [-0.4, -0.2) is 11.0 Å². The molecule has 6 heteroatoms. The van der Waals surface area contributed by atoms with Crippen LogP contribution < -0.4 is 5.43 Å². The van der Waals surface area contributed by atoms with E-state index in [9.17, 15) is 9.59 Å². The Morgan fingerprint density at radius 2 is 1.74 bits per heavy atom. The van der Waals surface area contributed by atoms with Crippen LogP contribution in [0.1, 0.15) is 35.7 Å². The molecule has 3 aromatic rings. The molecule has 0 radical (unpaired) electrons. The van der Waals surface area contributed by atoms with Crippen LogP contribution in [0.2, 0.25) is 10.0 Å². The second kappa shape index (κ2) is 7.25. The number of hydrogen-bond donors (Lipinski definition) is 0. The Morgan fingerprint density at radius 1 is 1.04 bits per heavy atom. The minimum Gasteiger partial charge on any atom is -0.294 e. The van der Waals surface area contributed by atoms with Crippen LogP contribution in [0, 0.1) is 5.92 Å². The van der Waals surface area contributed by atoms with E-state index in [1.54, 1.807) is 30.0 Å². The molecule has 1 aliphatic heterocycles. The number of carbonyl (C=O) groups excluding carboxylic acids is 1. The largest absolute Gasteiger partial charge is 0.294 e. The van der Waals surface area contributed by atoms with E-state index >= 15 is 0 Å². The standard InChI is InChI=1S/C21H16Cl2O2S2/c1-10(16-9-26-17-5-3-12(22)7-14(17)20(16)24)19-11(2)27-18-6-4-13(23)8-15(18)21(19)25/h3-11,19H,1-2H3/t10-,11-,19?/m1/s1. The molecule has 2 aromatic carbocycles. The van der Waals surface area contributed by atoms with E-state index < -0.39 is 0 Å². The van der Waals surface area contributed by atoms with Crippen molar-refractivity contribution < 1.29 is 4.79 Å². The van der Waals surface area contributed by atoms with Gasteiger partial charge in [-0.25, -0.2) is 0 Å². The minimum atomic E-state index is -0.280. The summed E-state index contributed by atoms with van der Waals surface area (Å²) in [5.74, 6) is -0.418. The Bertz CT molecular complexity index is 1120. The summed E-state index contributed by atoms with van der Waals surface area (Å²) in [7, 11) is 0. The molecular weight excluding hydrogens is 419 g/mol. The van der Waals surface area contributed by atoms with Crippen LogP contribution in [0.25, 0.3) is 10.1 Å². The first-order valence-electron chi connectivity index (χ1n) is 8.58. The Morgan fingerprint density at radius 3 is 2.52 bits per heavy atom. The molecule has 0 fully saturated rings. The highest BCUT2D eigenvalue weighted by Gasteiger charge is 2.38. The molecule has 0 aliphatic carbocycles. The molecule has 0 amide bonds. The van der Waals surface area contributed by atoms with Gasteiger partial charge >= 0.3 is 0 Å². The molecule has 1 aromatic heterocycles. The van der Waals surface area contributed by atoms with Gasteiger partial charge in [-0.3, -0.25) is 9.59 Å². The average Bonchev–Trinajstić information content (AvgIpc) is 2.63. The van der Waals surface area contributed by atoms with Crippen LogP contribution >= 0.6 is 46.3 Å². The SMILES string of the molecule is C[C@H](c1csc2ccc(Cl)cc2c1=O)C1C(=O)c2cc(Cl)ccc2S[C@@H]1C. The maximum atomic E-state index is 13.2. The number of hydrogen-bond acceptors (Lipinski definition) is 4. The summed E-state index contributed by atoms with van der Waals surface area (Å²) in [5.41, 5.74) is 1.29. The summed E-state index contributed by atoms with van der Waals surface area (Å²) in [6.45, 7) is 4.02. The molecule has 3 atom stereocenters. The maximum absolute atomic E-state index is 13.2. The van der Waals surface area contributed by atoms with Crippen molar-refractivity contribution in [1.82, 2.24) is 0 Å². The maximum Gasteiger partial charge on any atom is 0.191 e. The number of ketones is 1. The van der Waals surface area contributed by atoms with Crippen LogP contribution in [0.3, 0.4) is 0 Å². The predicted octanol–water partition coefficient (Wildman–Crippen LogP) is 6.67. The molecule has 2 nitrogen and oxygen atoms in total. The Hall–Kier alpha value is -1.33. The molecule has 138 valence electrons. The fraction of sp³-hybridized carbons (Fsp3) is 0.238. The highest BCUT2D eigenvalue weighted by molar-refractivity contribution is 8.00. The molecule has 0 saturated heterocycles. The summed E-state index contributed by atoms with van der Waals surface area (Å²) in [4.78, 5) is 27.3. The van der Waals surface area contributed by atoms with E-state index in [-0.39, 0.29) is 28.3 Å². The summed E-state index contributed by atoms with van der Waals surface area (Å²) < 4.78 is 0.898. The van der Waals surface area contributed by atoms with Crippen molar-refractivity contribution in [2.45, 2.75) is 29.9 Å². The van der Waals surface area contributed by atoms with E-state index in [0.29, 0.717) is 26.6 Å². The molecule has 0 N–H and O–H groups in total. The molecule has 27 heavy (non-hydrogen) atoms. The molecular formula is C21H16Cl2O2S2. The van der Waals surface area contributed by atoms with Crippen LogP contribution in [0.4, 0.5) is 0 Å². The monoisotopic (exact) mass is 434 g/mol. The van der Waals surface area contributed by atoms with Gasteiger partial charge in [-0.15, -0.1) is 23.1 Å². The topological polar surface area (TPSA) is 34.1 Å². The van der Waals surface area contributed by atoms with E-state index in [0.717, 1.165) is 9.60 Å². The number of thioether (sulfide) groups is 1. The van der Waals surface area contributed by atoms with Crippen LogP contribution in [0.15, 0.2) is 51.5 Å². The summed E-state index contributed by atoms with van der Waals surface area (Å²) in [6.07, 6.45) is 0. The van der Waals surface area contributed by atoms with Gasteiger partial charge in [0.15, 0.2) is 11.2 Å². The second-order valence-electron chi connectivity index (χ2n) is 6.80. The average molecular weight is 435 g/mol. The van der Waals surface area contributed by atoms with E-state index in [1.807, 2.05) is 37.4 Å². The second-order valence-corrected chi connectivity index (χ2v) is 10.0. The van der Waals surface area contributed by atoms with Crippen LogP contribution in [0.5, 0.6) is 0 Å². The van der Waals surface area contributed by atoms with Gasteiger partial charge in [0.1, 0.15) is 0 Å². The molecule has 0 saturated carbocycles. The quantitative estimate of drug-likeness (QED) is 0.451. The van der Waals surface area contributed by atoms with Crippen molar-refractivity contribution in [2.75, 3.05) is 0 Å². The third kappa shape index (κ3) is 3.33. The molecule has 0 bridgehead atoms. The lowest BCUT2D eigenvalue weighted by Crippen LogP contribution is -2.34. The first-order chi connectivity index (χ1) is 12.9. The number of fused-ring (bicyclic) bond motifs is 2. The lowest BCUT2D eigenvalue weighted by atomic mass is 9.80. The Labute approximate surface area is 175 Å². The fourth-order valence-corrected chi connectivity index (χ4v) is 6.41. The van der Waals surface area contributed by atoms with Crippen molar-refractivity contribution in [3.05, 3.63) is 73.2 Å². The minimum absolute atomic E-state index is 0.0411. The van der Waals surface area contributed by atoms with Gasteiger partial charge < -0.3 is 0 Å². The number of Topliss-reactive ketones (excluding diaryl/α,β-unsaturated/α-hetero) is 1. The Kier molecular flexibility index (Phi) is 5.10. The van der Waals surface area contributed by atoms with Crippen molar-refractivity contribution in [3.63, 3.8) is 0 Å². The van der Waals surface area contributed by atoms with Gasteiger partial charge in [0.05, 0.1) is 0 Å². The highest BCUT2D eigenvalue weighted by Crippen LogP contribution is 2.44. The van der Waals surface area contributed by atoms with Gasteiger partial charge in [-0.05, 0) is 47.7 Å². The first-order valence-corrected chi connectivity index (χ1v) is 11.1. The summed E-state index contributed by atoms with van der Waals surface area (Å²) in [5, 5.41) is 3.67. The van der Waals surface area contributed by atoms with Crippen molar-refractivity contribution in [2.24, 2.45) is 5.92 Å². The van der Waals surface area contributed by atoms with Crippen LogP contribution in [-0.2, 0) is 0 Å². The van der Waals surface area contributed by atoms with E-state index in [4.69, 9.17) is 23.2 Å². The summed E-state index contributed by atoms with van der Waals surface area (Å²) >= 11 is 15.4. The van der Waals surface area contributed by atoms with Crippen molar-refractivity contribution in [1.29, 1.82) is 0 Å². The Balaban J connectivity index is 1.80. The van der Waals surface area contributed by atoms with Gasteiger partial charge in [0.2, 0.25) is 0 Å².